The second-order valence-electron chi connectivity index (χ2n) is 0.856. The molecule has 0 heterocycles. The smallest absolute Gasteiger partial charge is 0.266 e. The van der Waals surface area contributed by atoms with Crippen LogP contribution in [-0.2, 0) is 0 Å². The van der Waals surface area contributed by atoms with Gasteiger partial charge in [-0.1, -0.05) is 0 Å². The maximum absolute atomic E-state index is 11.0. The first kappa shape index (κ1) is 6.99. The summed E-state index contributed by atoms with van der Waals surface area (Å²) in [5, 5.41) is 0. The summed E-state index contributed by atoms with van der Waals surface area (Å²) < 4.78 is 22.0. The molecule has 4 heteroatoms. The molecule has 1 unspecified atom stereocenters. The van der Waals surface area contributed by atoms with Gasteiger partial charge in [-0.15, -0.1) is 0 Å². The van der Waals surface area contributed by atoms with Crippen LogP contribution in [0.15, 0.2) is 12.2 Å². The van der Waals surface area contributed by atoms with Gasteiger partial charge < -0.3 is 4.89 Å². The fraction of sp³-hybridized carbons (Fsp3) is 0.333. The van der Waals surface area contributed by atoms with E-state index >= 15 is 0 Å². The summed E-state index contributed by atoms with van der Waals surface area (Å²) in [6.07, 6.45) is -0.956. The molecule has 0 rings (SSSR count). The van der Waals surface area contributed by atoms with E-state index in [9.17, 15) is 8.78 Å². The van der Waals surface area contributed by atoms with Crippen molar-refractivity contribution in [2.45, 2.75) is 0 Å². The average Bonchev–Trinajstić information content (AvgIpc) is 1.61. The Labute approximate surface area is 41.9 Å². The van der Waals surface area contributed by atoms with E-state index in [0.29, 0.717) is 6.08 Å². The lowest BCUT2D eigenvalue weighted by Crippen LogP contribution is -1.63. The topological polar surface area (TPSA) is 20.2 Å². The summed E-state index contributed by atoms with van der Waals surface area (Å²) in [4.78, 5) is 7.96. The predicted octanol–water partition coefficient (Wildman–Crippen LogP) is 1.35. The molecule has 1 atom stereocenters. The van der Waals surface area contributed by atoms with E-state index in [1.807, 2.05) is 0 Å². The number of allylic oxidation sites excluding steroid dienone is 1. The highest BCUT2D eigenvalue weighted by molar-refractivity contribution is 7.31. The quantitative estimate of drug-likeness (QED) is 0.553. The third-order valence-electron chi connectivity index (χ3n) is 0.348. The first-order chi connectivity index (χ1) is 3.27. The van der Waals surface area contributed by atoms with Crippen LogP contribution in [0.25, 0.3) is 0 Å². The number of halogens is 2. The molecular weight excluding hydrogens is 121 g/mol. The predicted molar refractivity (Wildman–Crippen MR) is 25.7 cm³/mol. The SMILES string of the molecule is OPCC=C(F)F. The number of rotatable bonds is 2. The summed E-state index contributed by atoms with van der Waals surface area (Å²) >= 11 is 0. The Morgan fingerprint density at radius 2 is 2.29 bits per heavy atom. The molecule has 0 saturated heterocycles. The average molecular weight is 126 g/mol. The first-order valence-electron chi connectivity index (χ1n) is 1.65. The Bertz CT molecular complexity index is 69.3. The first-order valence-corrected chi connectivity index (χ1v) is 2.81. The van der Waals surface area contributed by atoms with Crippen molar-refractivity contribution in [3.63, 3.8) is 0 Å². The van der Waals surface area contributed by atoms with Gasteiger partial charge in [0, 0.05) is 15.0 Å². The van der Waals surface area contributed by atoms with Crippen molar-refractivity contribution >= 4 is 8.81 Å². The van der Waals surface area contributed by atoms with Crippen LogP contribution in [0.1, 0.15) is 0 Å². The fourth-order valence-corrected chi connectivity index (χ4v) is 0.368. The molecule has 0 fully saturated rings. The third kappa shape index (κ3) is 5.99. The second kappa shape index (κ2) is 4.16. The van der Waals surface area contributed by atoms with Crippen LogP contribution in [-0.4, -0.2) is 11.1 Å². The molecule has 42 valence electrons. The van der Waals surface area contributed by atoms with Crippen molar-refractivity contribution in [2.75, 3.05) is 6.16 Å². The van der Waals surface area contributed by atoms with Gasteiger partial charge in [-0.25, -0.2) is 0 Å². The van der Waals surface area contributed by atoms with E-state index in [1.54, 1.807) is 0 Å². The van der Waals surface area contributed by atoms with Gasteiger partial charge >= 0.3 is 0 Å². The maximum atomic E-state index is 11.0. The Hall–Kier alpha value is -0.0100. The van der Waals surface area contributed by atoms with Gasteiger partial charge in [-0.3, -0.25) is 0 Å². The molecule has 0 aromatic rings. The Kier molecular flexibility index (Phi) is 4.15. The minimum atomic E-state index is -1.72. The molecule has 0 aliphatic carbocycles. The molecule has 0 aliphatic heterocycles. The van der Waals surface area contributed by atoms with Gasteiger partial charge in [0.25, 0.3) is 6.08 Å². The van der Waals surface area contributed by atoms with Crippen LogP contribution in [0, 0.1) is 0 Å². The Morgan fingerprint density at radius 1 is 1.71 bits per heavy atom. The Balaban J connectivity index is 3.08. The second-order valence-corrected chi connectivity index (χ2v) is 1.58. The monoisotopic (exact) mass is 126 g/mol. The maximum Gasteiger partial charge on any atom is 0.266 e. The lowest BCUT2D eigenvalue weighted by Gasteiger charge is -1.78. The highest BCUT2D eigenvalue weighted by Gasteiger charge is 1.83. The molecule has 1 N–H and O–H groups in total. The van der Waals surface area contributed by atoms with Gasteiger partial charge in [-0.2, -0.15) is 8.78 Å². The summed E-state index contributed by atoms with van der Waals surface area (Å²) in [6.45, 7) is 0. The van der Waals surface area contributed by atoms with Crippen molar-refractivity contribution in [1.29, 1.82) is 0 Å². The number of hydrogen-bond donors (Lipinski definition) is 1. The highest BCUT2D eigenvalue weighted by Crippen LogP contribution is 2.04. The lowest BCUT2D eigenvalue weighted by atomic mass is 10.7. The molecule has 0 bridgehead atoms. The van der Waals surface area contributed by atoms with E-state index in [4.69, 9.17) is 4.89 Å². The molecule has 7 heavy (non-hydrogen) atoms. The largest absolute Gasteiger partial charge is 0.377 e. The summed E-state index contributed by atoms with van der Waals surface area (Å²) in [7, 11) is -0.406. The fourth-order valence-electron chi connectivity index (χ4n) is 0.123. The van der Waals surface area contributed by atoms with Crippen molar-refractivity contribution in [1.82, 2.24) is 0 Å². The lowest BCUT2D eigenvalue weighted by molar-refractivity contribution is 0.420. The van der Waals surface area contributed by atoms with Gasteiger partial charge in [0.1, 0.15) is 0 Å². The summed E-state index contributed by atoms with van der Waals surface area (Å²) in [5.41, 5.74) is 0. The molecule has 0 saturated carbocycles. The molecule has 1 nitrogen and oxygen atoms in total. The van der Waals surface area contributed by atoms with E-state index in [1.165, 1.54) is 0 Å². The van der Waals surface area contributed by atoms with Crippen molar-refractivity contribution in [3.05, 3.63) is 12.2 Å². The van der Waals surface area contributed by atoms with Crippen LogP contribution >= 0.6 is 8.81 Å². The van der Waals surface area contributed by atoms with Gasteiger partial charge in [0.2, 0.25) is 0 Å². The molecule has 0 radical (unpaired) electrons. The minimum Gasteiger partial charge on any atom is -0.377 e. The van der Waals surface area contributed by atoms with Crippen LogP contribution in [0.5, 0.6) is 0 Å². The van der Waals surface area contributed by atoms with Crippen molar-refractivity contribution in [3.8, 4) is 0 Å². The van der Waals surface area contributed by atoms with Crippen molar-refractivity contribution in [2.24, 2.45) is 0 Å². The molecule has 0 aromatic heterocycles. The van der Waals surface area contributed by atoms with Gasteiger partial charge in [0.15, 0.2) is 0 Å². The standard InChI is InChI=1S/C3H5F2OP/c4-3(5)1-2-7-6/h1,6-7H,2H2. The zero-order valence-corrected chi connectivity index (χ0v) is 4.49. The third-order valence-corrected chi connectivity index (χ3v) is 0.734. The van der Waals surface area contributed by atoms with Crippen LogP contribution in [0.2, 0.25) is 0 Å². The Morgan fingerprint density at radius 3 is 2.43 bits per heavy atom. The molecular formula is C3H5F2OP. The normalized spacial score (nSPS) is 10.1. The van der Waals surface area contributed by atoms with Gasteiger partial charge in [0.05, 0.1) is 0 Å². The van der Waals surface area contributed by atoms with Crippen molar-refractivity contribution < 1.29 is 13.7 Å². The van der Waals surface area contributed by atoms with Gasteiger partial charge in [-0.05, 0) is 6.08 Å². The van der Waals surface area contributed by atoms with E-state index in [2.05, 4.69) is 0 Å². The van der Waals surface area contributed by atoms with E-state index < -0.39 is 14.9 Å². The van der Waals surface area contributed by atoms with E-state index in [-0.39, 0.29) is 6.16 Å². The zero-order valence-electron chi connectivity index (χ0n) is 3.49. The summed E-state index contributed by atoms with van der Waals surface area (Å²) in [5.74, 6) is 0. The highest BCUT2D eigenvalue weighted by atomic mass is 31.1. The number of hydrogen-bond acceptors (Lipinski definition) is 1. The van der Waals surface area contributed by atoms with E-state index in [0.717, 1.165) is 0 Å². The minimum absolute atomic E-state index is 0.0718. The summed E-state index contributed by atoms with van der Waals surface area (Å²) in [6, 6.07) is 0. The molecule has 0 amide bonds. The van der Waals surface area contributed by atoms with Crippen LogP contribution < -0.4 is 0 Å². The molecule has 0 aliphatic rings. The zero-order chi connectivity index (χ0) is 5.70. The van der Waals surface area contributed by atoms with Crippen LogP contribution in [0.4, 0.5) is 8.78 Å². The molecule has 0 aromatic carbocycles. The van der Waals surface area contributed by atoms with Crippen LogP contribution in [0.3, 0.4) is 0 Å². The molecule has 0 spiro atoms.